The summed E-state index contributed by atoms with van der Waals surface area (Å²) in [6, 6.07) is 13.9. The molecule has 29 heavy (non-hydrogen) atoms. The molecule has 1 unspecified atom stereocenters. The summed E-state index contributed by atoms with van der Waals surface area (Å²) in [5.41, 5.74) is 2.51. The summed E-state index contributed by atoms with van der Waals surface area (Å²) in [4.78, 5) is 29.5. The van der Waals surface area contributed by atoms with E-state index in [-0.39, 0.29) is 28.3 Å². The molecule has 0 saturated carbocycles. The molecule has 4 rings (SSSR count). The molecule has 152 valence electrons. The normalized spacial score (nSPS) is 22.6. The van der Waals surface area contributed by atoms with Crippen LogP contribution in [0.4, 0.5) is 10.1 Å². The predicted molar refractivity (Wildman–Crippen MR) is 114 cm³/mol. The second kappa shape index (κ2) is 6.87. The monoisotopic (exact) mass is 412 g/mol. The van der Waals surface area contributed by atoms with E-state index >= 15 is 0 Å². The number of thioether (sulfide) groups is 1. The van der Waals surface area contributed by atoms with Gasteiger partial charge in [-0.3, -0.25) is 9.59 Å². The van der Waals surface area contributed by atoms with Crippen LogP contribution in [0.3, 0.4) is 0 Å². The lowest BCUT2D eigenvalue weighted by Gasteiger charge is -2.34. The zero-order valence-corrected chi connectivity index (χ0v) is 17.9. The number of hydrogen-bond donors (Lipinski definition) is 0. The predicted octanol–water partition coefficient (Wildman–Crippen LogP) is 4.54. The number of fused-ring (bicyclic) bond motifs is 2. The number of anilines is 1. The van der Waals surface area contributed by atoms with Gasteiger partial charge in [-0.25, -0.2) is 4.39 Å². The number of rotatable bonds is 3. The number of benzene rings is 2. The summed E-state index contributed by atoms with van der Waals surface area (Å²) in [6.45, 7) is 8.74. The highest BCUT2D eigenvalue weighted by Crippen LogP contribution is 2.59. The second-order valence-electron chi connectivity index (χ2n) is 8.62. The number of halogens is 1. The smallest absolute Gasteiger partial charge is 0.268 e. The number of carbonyl (C=O) groups excluding carboxylic acids is 2. The van der Waals surface area contributed by atoms with Crippen molar-refractivity contribution in [3.63, 3.8) is 0 Å². The lowest BCUT2D eigenvalue weighted by molar-refractivity contribution is -0.143. The largest absolute Gasteiger partial charge is 0.314 e. The Bertz CT molecular complexity index is 973. The SMILES string of the molecule is CC(C)C(=O)N1CC(C)(C)SC12C(=O)N(Cc1ccc(F)cc1)c1ccccc12. The average molecular weight is 413 g/mol. The topological polar surface area (TPSA) is 40.6 Å². The van der Waals surface area contributed by atoms with Crippen molar-refractivity contribution < 1.29 is 14.0 Å². The summed E-state index contributed by atoms with van der Waals surface area (Å²) in [5, 5.41) is 0. The van der Waals surface area contributed by atoms with E-state index in [0.717, 1.165) is 16.8 Å². The van der Waals surface area contributed by atoms with Gasteiger partial charge in [-0.1, -0.05) is 44.2 Å². The van der Waals surface area contributed by atoms with Crippen LogP contribution in [0.2, 0.25) is 0 Å². The van der Waals surface area contributed by atoms with Gasteiger partial charge in [0.2, 0.25) is 5.91 Å². The minimum atomic E-state index is -1.05. The van der Waals surface area contributed by atoms with Gasteiger partial charge in [0.1, 0.15) is 5.82 Å². The molecule has 6 heteroatoms. The number of hydrogen-bond acceptors (Lipinski definition) is 3. The van der Waals surface area contributed by atoms with E-state index in [1.807, 2.05) is 38.1 Å². The Hall–Kier alpha value is -2.34. The highest BCUT2D eigenvalue weighted by atomic mass is 32.2. The molecule has 1 spiro atoms. The maximum atomic E-state index is 13.9. The van der Waals surface area contributed by atoms with Gasteiger partial charge >= 0.3 is 0 Å². The van der Waals surface area contributed by atoms with Crippen molar-refractivity contribution in [3.8, 4) is 0 Å². The van der Waals surface area contributed by atoms with E-state index in [0.29, 0.717) is 13.1 Å². The van der Waals surface area contributed by atoms with Crippen LogP contribution in [0.15, 0.2) is 48.5 Å². The summed E-state index contributed by atoms with van der Waals surface area (Å²) in [5.74, 6) is -0.630. The molecule has 1 saturated heterocycles. The molecule has 0 N–H and O–H groups in total. The van der Waals surface area contributed by atoms with Crippen LogP contribution in [0.25, 0.3) is 0 Å². The third kappa shape index (κ3) is 3.14. The van der Waals surface area contributed by atoms with Gasteiger partial charge in [0.25, 0.3) is 5.91 Å². The van der Waals surface area contributed by atoms with Crippen molar-refractivity contribution in [2.45, 2.75) is 43.9 Å². The summed E-state index contributed by atoms with van der Waals surface area (Å²) in [7, 11) is 0. The Kier molecular flexibility index (Phi) is 4.73. The first-order valence-corrected chi connectivity index (χ1v) is 10.6. The zero-order valence-electron chi connectivity index (χ0n) is 17.1. The molecule has 1 atom stereocenters. The molecule has 4 nitrogen and oxygen atoms in total. The van der Waals surface area contributed by atoms with Gasteiger partial charge in [-0.15, -0.1) is 11.8 Å². The van der Waals surface area contributed by atoms with Gasteiger partial charge in [0.15, 0.2) is 4.87 Å². The molecule has 1 fully saturated rings. The van der Waals surface area contributed by atoms with E-state index < -0.39 is 4.87 Å². The van der Waals surface area contributed by atoms with Crippen molar-refractivity contribution >= 4 is 29.3 Å². The Balaban J connectivity index is 1.83. The zero-order chi connectivity index (χ0) is 21.0. The molecule has 2 aromatic rings. The van der Waals surface area contributed by atoms with Crippen LogP contribution in [-0.4, -0.2) is 28.0 Å². The molecule has 2 aliphatic rings. The van der Waals surface area contributed by atoms with Crippen molar-refractivity contribution in [1.29, 1.82) is 0 Å². The first-order chi connectivity index (χ1) is 13.7. The minimum absolute atomic E-state index is 0.0186. The van der Waals surface area contributed by atoms with Crippen LogP contribution in [0, 0.1) is 11.7 Å². The molecule has 0 bridgehead atoms. The average Bonchev–Trinajstić information content (AvgIpc) is 3.09. The molecular formula is C23H25FN2O2S. The van der Waals surface area contributed by atoms with Crippen LogP contribution in [0.1, 0.15) is 38.8 Å². The molecule has 2 heterocycles. The van der Waals surface area contributed by atoms with Gasteiger partial charge in [0.05, 0.1) is 12.2 Å². The quantitative estimate of drug-likeness (QED) is 0.743. The fourth-order valence-electron chi connectivity index (χ4n) is 4.22. The van der Waals surface area contributed by atoms with Crippen LogP contribution in [-0.2, 0) is 21.0 Å². The first-order valence-electron chi connectivity index (χ1n) is 9.83. The Morgan fingerprint density at radius 1 is 1.14 bits per heavy atom. The number of para-hydroxylation sites is 1. The summed E-state index contributed by atoms with van der Waals surface area (Å²) >= 11 is 1.55. The third-order valence-corrected chi connectivity index (χ3v) is 7.04. The molecular weight excluding hydrogens is 387 g/mol. The van der Waals surface area contributed by atoms with Crippen LogP contribution in [0.5, 0.6) is 0 Å². The standard InChI is InChI=1S/C23H25FN2O2S/c1-15(2)20(27)26-14-22(3,4)29-23(26)18-7-5-6-8-19(18)25(21(23)28)13-16-9-11-17(24)12-10-16/h5-12,15H,13-14H2,1-4H3. The van der Waals surface area contributed by atoms with E-state index in [2.05, 4.69) is 13.8 Å². The molecule has 0 aliphatic carbocycles. The van der Waals surface area contributed by atoms with Crippen molar-refractivity contribution in [2.75, 3.05) is 11.4 Å². The molecule has 0 aromatic heterocycles. The van der Waals surface area contributed by atoms with E-state index in [9.17, 15) is 14.0 Å². The minimum Gasteiger partial charge on any atom is -0.314 e. The second-order valence-corrected chi connectivity index (χ2v) is 10.5. The van der Waals surface area contributed by atoms with Gasteiger partial charge < -0.3 is 9.80 Å². The first kappa shape index (κ1) is 20.0. The fourth-order valence-corrected chi connectivity index (χ4v) is 5.95. The number of nitrogens with zero attached hydrogens (tertiary/aromatic N) is 2. The molecule has 2 aromatic carbocycles. The Morgan fingerprint density at radius 2 is 1.79 bits per heavy atom. The van der Waals surface area contributed by atoms with E-state index in [4.69, 9.17) is 0 Å². The number of amides is 2. The maximum Gasteiger partial charge on any atom is 0.268 e. The van der Waals surface area contributed by atoms with E-state index in [1.54, 1.807) is 33.7 Å². The third-order valence-electron chi connectivity index (χ3n) is 5.45. The van der Waals surface area contributed by atoms with Crippen LogP contribution < -0.4 is 4.90 Å². The van der Waals surface area contributed by atoms with Crippen molar-refractivity contribution in [2.24, 2.45) is 5.92 Å². The van der Waals surface area contributed by atoms with Gasteiger partial charge in [-0.05, 0) is 37.6 Å². The number of carbonyl (C=O) groups is 2. The molecule has 2 aliphatic heterocycles. The molecule has 0 radical (unpaired) electrons. The van der Waals surface area contributed by atoms with Gasteiger partial charge in [-0.2, -0.15) is 0 Å². The van der Waals surface area contributed by atoms with Crippen molar-refractivity contribution in [3.05, 3.63) is 65.5 Å². The summed E-state index contributed by atoms with van der Waals surface area (Å²) in [6.07, 6.45) is 0. The lowest BCUT2D eigenvalue weighted by atomic mass is 10.0. The Morgan fingerprint density at radius 3 is 2.45 bits per heavy atom. The van der Waals surface area contributed by atoms with Crippen molar-refractivity contribution in [1.82, 2.24) is 4.90 Å². The highest BCUT2D eigenvalue weighted by molar-refractivity contribution is 8.02. The summed E-state index contributed by atoms with van der Waals surface area (Å²) < 4.78 is 13.1. The van der Waals surface area contributed by atoms with Gasteiger partial charge in [0, 0.05) is 22.8 Å². The van der Waals surface area contributed by atoms with Crippen LogP contribution >= 0.6 is 11.8 Å². The molecule has 2 amide bonds. The maximum absolute atomic E-state index is 13.9. The van der Waals surface area contributed by atoms with E-state index in [1.165, 1.54) is 12.1 Å². The fraction of sp³-hybridized carbons (Fsp3) is 0.391. The highest BCUT2D eigenvalue weighted by Gasteiger charge is 2.63. The lowest BCUT2D eigenvalue weighted by Crippen LogP contribution is -2.51. The Labute approximate surface area is 175 Å².